The Kier molecular flexibility index (Phi) is 5.21. The largest absolute Gasteiger partial charge is 0.497 e. The summed E-state index contributed by atoms with van der Waals surface area (Å²) in [5.74, 6) is 1.05. The molecule has 1 aromatic carbocycles. The Bertz CT molecular complexity index is 808. The molecule has 0 radical (unpaired) electrons. The van der Waals surface area contributed by atoms with Crippen LogP contribution in [0.15, 0.2) is 54.8 Å². The van der Waals surface area contributed by atoms with Gasteiger partial charge in [-0.05, 0) is 17.7 Å². The van der Waals surface area contributed by atoms with Gasteiger partial charge >= 0.3 is 6.03 Å². The zero-order valence-electron chi connectivity index (χ0n) is 15.5. The van der Waals surface area contributed by atoms with Crippen LogP contribution >= 0.6 is 0 Å². The highest BCUT2D eigenvalue weighted by atomic mass is 16.5. The quantitative estimate of drug-likeness (QED) is 0.749. The third kappa shape index (κ3) is 3.28. The minimum atomic E-state index is -0.583. The number of nitrogens with zero attached hydrogens (tertiary/aromatic N) is 2. The lowest BCUT2D eigenvalue weighted by atomic mass is 9.95. The molecule has 0 fully saturated rings. The van der Waals surface area contributed by atoms with E-state index in [0.717, 1.165) is 5.56 Å². The molecule has 27 heavy (non-hydrogen) atoms. The van der Waals surface area contributed by atoms with E-state index in [1.807, 2.05) is 0 Å². The predicted molar refractivity (Wildman–Crippen MR) is 102 cm³/mol. The van der Waals surface area contributed by atoms with E-state index < -0.39 is 6.04 Å². The lowest BCUT2D eigenvalue weighted by Gasteiger charge is -2.33. The molecule has 0 aliphatic carbocycles. The summed E-state index contributed by atoms with van der Waals surface area (Å²) >= 11 is 0. The SMILES string of the molecule is C=CCN1CC2=C(C1=O)C(c1cc(OC)cc(OC)c1)NC(=O)N2CC=C. The molecule has 0 saturated carbocycles. The normalized spacial score (nSPS) is 19.0. The number of ether oxygens (including phenoxy) is 2. The van der Waals surface area contributed by atoms with Crippen molar-refractivity contribution >= 4 is 11.9 Å². The van der Waals surface area contributed by atoms with E-state index in [4.69, 9.17) is 9.47 Å². The number of urea groups is 1. The predicted octanol–water partition coefficient (Wildman–Crippen LogP) is 2.24. The summed E-state index contributed by atoms with van der Waals surface area (Å²) in [7, 11) is 3.11. The van der Waals surface area contributed by atoms with Crippen LogP contribution in [0.3, 0.4) is 0 Å². The van der Waals surface area contributed by atoms with Crippen molar-refractivity contribution < 1.29 is 19.1 Å². The second-order valence-electron chi connectivity index (χ2n) is 6.26. The molecule has 3 amide bonds. The number of hydrogen-bond acceptors (Lipinski definition) is 4. The van der Waals surface area contributed by atoms with Crippen molar-refractivity contribution in [3.63, 3.8) is 0 Å². The monoisotopic (exact) mass is 369 g/mol. The van der Waals surface area contributed by atoms with Crippen molar-refractivity contribution in [2.45, 2.75) is 6.04 Å². The second kappa shape index (κ2) is 7.57. The van der Waals surface area contributed by atoms with Crippen molar-refractivity contribution in [1.82, 2.24) is 15.1 Å². The summed E-state index contributed by atoms with van der Waals surface area (Å²) in [5, 5.41) is 2.93. The van der Waals surface area contributed by atoms with Crippen molar-refractivity contribution in [3.05, 3.63) is 60.3 Å². The molecule has 2 aliphatic heterocycles. The summed E-state index contributed by atoms with van der Waals surface area (Å²) in [6, 6.07) is 4.48. The number of hydrogen-bond donors (Lipinski definition) is 1. The Labute approximate surface area is 158 Å². The fourth-order valence-corrected chi connectivity index (χ4v) is 3.42. The molecule has 2 heterocycles. The van der Waals surface area contributed by atoms with E-state index in [9.17, 15) is 9.59 Å². The fourth-order valence-electron chi connectivity index (χ4n) is 3.42. The summed E-state index contributed by atoms with van der Waals surface area (Å²) in [6.07, 6.45) is 3.31. The van der Waals surface area contributed by atoms with Crippen molar-refractivity contribution in [2.75, 3.05) is 33.9 Å². The highest BCUT2D eigenvalue weighted by Crippen LogP contribution is 2.38. The number of carbonyl (C=O) groups excluding carboxylic acids is 2. The molecule has 1 aromatic rings. The van der Waals surface area contributed by atoms with Gasteiger partial charge in [0.1, 0.15) is 11.5 Å². The van der Waals surface area contributed by atoms with Gasteiger partial charge in [0.15, 0.2) is 0 Å². The molecule has 1 N–H and O–H groups in total. The Morgan fingerprint density at radius 2 is 1.74 bits per heavy atom. The van der Waals surface area contributed by atoms with Gasteiger partial charge in [-0.15, -0.1) is 13.2 Å². The minimum absolute atomic E-state index is 0.120. The topological polar surface area (TPSA) is 71.1 Å². The molecular formula is C20H23N3O4. The van der Waals surface area contributed by atoms with E-state index in [2.05, 4.69) is 18.5 Å². The van der Waals surface area contributed by atoms with Crippen LogP contribution in [0.2, 0.25) is 0 Å². The van der Waals surface area contributed by atoms with Gasteiger partial charge in [0.05, 0.1) is 38.1 Å². The van der Waals surface area contributed by atoms with Gasteiger partial charge in [0.2, 0.25) is 0 Å². The van der Waals surface area contributed by atoms with Crippen molar-refractivity contribution in [2.24, 2.45) is 0 Å². The number of methoxy groups -OCH3 is 2. The molecule has 2 aliphatic rings. The van der Waals surface area contributed by atoms with E-state index in [1.54, 1.807) is 54.4 Å². The van der Waals surface area contributed by atoms with E-state index in [0.29, 0.717) is 42.4 Å². The summed E-state index contributed by atoms with van der Waals surface area (Å²) in [5.41, 5.74) is 1.96. The first-order valence-corrected chi connectivity index (χ1v) is 8.59. The van der Waals surface area contributed by atoms with Gasteiger partial charge in [0, 0.05) is 19.2 Å². The third-order valence-electron chi connectivity index (χ3n) is 4.66. The van der Waals surface area contributed by atoms with Crippen molar-refractivity contribution in [3.8, 4) is 11.5 Å². The first kappa shape index (κ1) is 18.6. The van der Waals surface area contributed by atoms with Crippen LogP contribution in [-0.2, 0) is 4.79 Å². The lowest BCUT2D eigenvalue weighted by Crippen LogP contribution is -2.47. The molecule has 7 nitrogen and oxygen atoms in total. The average molecular weight is 369 g/mol. The number of carbonyl (C=O) groups is 2. The molecule has 142 valence electrons. The molecule has 0 aromatic heterocycles. The molecular weight excluding hydrogens is 346 g/mol. The maximum Gasteiger partial charge on any atom is 0.322 e. The van der Waals surface area contributed by atoms with Gasteiger partial charge in [-0.3, -0.25) is 9.69 Å². The average Bonchev–Trinajstić information content (AvgIpc) is 3.00. The van der Waals surface area contributed by atoms with Gasteiger partial charge < -0.3 is 19.7 Å². The molecule has 0 saturated heterocycles. The van der Waals surface area contributed by atoms with Gasteiger partial charge in [-0.25, -0.2) is 4.79 Å². The molecule has 1 atom stereocenters. The van der Waals surface area contributed by atoms with Gasteiger partial charge in [-0.1, -0.05) is 12.2 Å². The molecule has 0 spiro atoms. The Hall–Kier alpha value is -3.22. The van der Waals surface area contributed by atoms with E-state index in [-0.39, 0.29) is 11.9 Å². The summed E-state index contributed by atoms with van der Waals surface area (Å²) in [4.78, 5) is 29.0. The zero-order chi connectivity index (χ0) is 19.6. The lowest BCUT2D eigenvalue weighted by molar-refractivity contribution is -0.125. The Morgan fingerprint density at radius 3 is 2.30 bits per heavy atom. The highest BCUT2D eigenvalue weighted by Gasteiger charge is 2.43. The van der Waals surface area contributed by atoms with Gasteiger partial charge in [-0.2, -0.15) is 0 Å². The van der Waals surface area contributed by atoms with Crippen LogP contribution in [0.25, 0.3) is 0 Å². The Balaban J connectivity index is 2.10. The van der Waals surface area contributed by atoms with E-state index in [1.165, 1.54) is 0 Å². The van der Waals surface area contributed by atoms with Crippen LogP contribution in [-0.4, -0.2) is 55.6 Å². The fraction of sp³-hybridized carbons (Fsp3) is 0.300. The number of nitrogens with one attached hydrogen (secondary N) is 1. The maximum absolute atomic E-state index is 13.0. The molecule has 3 rings (SSSR count). The van der Waals surface area contributed by atoms with Crippen LogP contribution in [0.4, 0.5) is 4.79 Å². The second-order valence-corrected chi connectivity index (χ2v) is 6.26. The van der Waals surface area contributed by atoms with Crippen LogP contribution in [0.1, 0.15) is 11.6 Å². The third-order valence-corrected chi connectivity index (χ3v) is 4.66. The Morgan fingerprint density at radius 1 is 1.11 bits per heavy atom. The highest BCUT2D eigenvalue weighted by molar-refractivity contribution is 6.01. The van der Waals surface area contributed by atoms with Crippen LogP contribution in [0, 0.1) is 0 Å². The minimum Gasteiger partial charge on any atom is -0.497 e. The standard InChI is InChI=1S/C20H23N3O4/c1-5-7-22-12-16-17(19(22)24)18(21-20(25)23(16)8-6-2)13-9-14(26-3)11-15(10-13)27-4/h5-6,9-11,18H,1-2,7-8,12H2,3-4H3,(H,21,25). The number of rotatable bonds is 7. The maximum atomic E-state index is 13.0. The zero-order valence-corrected chi connectivity index (χ0v) is 15.5. The number of amides is 3. The summed E-state index contributed by atoms with van der Waals surface area (Å²) < 4.78 is 10.7. The van der Waals surface area contributed by atoms with Crippen LogP contribution < -0.4 is 14.8 Å². The molecule has 7 heteroatoms. The first-order valence-electron chi connectivity index (χ1n) is 8.59. The van der Waals surface area contributed by atoms with Crippen LogP contribution in [0.5, 0.6) is 11.5 Å². The first-order chi connectivity index (χ1) is 13.0. The number of benzene rings is 1. The van der Waals surface area contributed by atoms with Crippen molar-refractivity contribution in [1.29, 1.82) is 0 Å². The molecule has 0 bridgehead atoms. The molecule has 1 unspecified atom stereocenters. The summed E-state index contributed by atoms with van der Waals surface area (Å²) in [6.45, 7) is 8.52. The van der Waals surface area contributed by atoms with Gasteiger partial charge in [0.25, 0.3) is 5.91 Å². The van der Waals surface area contributed by atoms with E-state index >= 15 is 0 Å². The smallest absolute Gasteiger partial charge is 0.322 e.